The topological polar surface area (TPSA) is 6.48 Å². The summed E-state index contributed by atoms with van der Waals surface area (Å²) >= 11 is 1.79. The van der Waals surface area contributed by atoms with Crippen molar-refractivity contribution in [2.75, 3.05) is 17.9 Å². The molecule has 0 saturated carbocycles. The molecule has 0 aliphatic heterocycles. The van der Waals surface area contributed by atoms with Crippen LogP contribution < -0.4 is 4.31 Å². The molecule has 3 aromatic rings. The van der Waals surface area contributed by atoms with E-state index in [1.54, 1.807) is 12.1 Å². The molecule has 0 amide bonds. The molecular weight excluding hydrogens is 504 g/mol. The highest BCUT2D eigenvalue weighted by Gasteiger charge is 2.10. The van der Waals surface area contributed by atoms with E-state index in [2.05, 4.69) is 130 Å². The van der Waals surface area contributed by atoms with E-state index in [1.165, 1.54) is 56.6 Å². The van der Waals surface area contributed by atoms with Gasteiger partial charge in [-0.25, -0.2) is 4.31 Å². The number of anilines is 1. The SMILES string of the molecule is C=C(C/C(C)=C(\C)CCCc1ccc(CN(CC)SN(C)c2ccc(CC)cc2)cc1)c1ccc(C)cc1.CC. The van der Waals surface area contributed by atoms with E-state index in [4.69, 9.17) is 0 Å². The van der Waals surface area contributed by atoms with Crippen molar-refractivity contribution in [3.8, 4) is 0 Å². The number of hydrogen-bond donors (Lipinski definition) is 0. The minimum atomic E-state index is 0.935. The molecule has 0 N–H and O–H groups in total. The molecule has 0 saturated heterocycles. The molecule has 216 valence electrons. The van der Waals surface area contributed by atoms with Gasteiger partial charge >= 0.3 is 0 Å². The van der Waals surface area contributed by atoms with Crippen LogP contribution in [-0.2, 0) is 19.4 Å². The second-order valence-corrected chi connectivity index (χ2v) is 11.7. The van der Waals surface area contributed by atoms with Crippen LogP contribution in [0, 0.1) is 6.92 Å². The lowest BCUT2D eigenvalue weighted by molar-refractivity contribution is 0.492. The molecule has 0 aliphatic carbocycles. The maximum absolute atomic E-state index is 4.34. The van der Waals surface area contributed by atoms with Gasteiger partial charge in [-0.05, 0) is 92.8 Å². The van der Waals surface area contributed by atoms with Gasteiger partial charge in [0.1, 0.15) is 0 Å². The molecule has 0 bridgehead atoms. The van der Waals surface area contributed by atoms with Crippen LogP contribution in [0.25, 0.3) is 5.57 Å². The van der Waals surface area contributed by atoms with E-state index in [1.807, 2.05) is 13.8 Å². The van der Waals surface area contributed by atoms with Gasteiger partial charge < -0.3 is 4.31 Å². The third-order valence-electron chi connectivity index (χ3n) is 7.36. The van der Waals surface area contributed by atoms with Gasteiger partial charge in [0, 0.05) is 38.0 Å². The van der Waals surface area contributed by atoms with Crippen molar-refractivity contribution < 1.29 is 0 Å². The Bertz CT molecular complexity index is 1170. The van der Waals surface area contributed by atoms with Crippen molar-refractivity contribution in [3.05, 3.63) is 118 Å². The van der Waals surface area contributed by atoms with Crippen LogP contribution in [0.5, 0.6) is 0 Å². The predicted octanol–water partition coefficient (Wildman–Crippen LogP) is 10.9. The van der Waals surface area contributed by atoms with Gasteiger partial charge in [0.2, 0.25) is 0 Å². The summed E-state index contributed by atoms with van der Waals surface area (Å²) in [6, 6.07) is 26.8. The monoisotopic (exact) mass is 556 g/mol. The summed E-state index contributed by atoms with van der Waals surface area (Å²) in [4.78, 5) is 0. The first-order valence-electron chi connectivity index (χ1n) is 15.0. The fourth-order valence-corrected chi connectivity index (χ4v) is 5.39. The van der Waals surface area contributed by atoms with Crippen molar-refractivity contribution in [1.82, 2.24) is 4.31 Å². The maximum atomic E-state index is 4.34. The minimum absolute atomic E-state index is 0.935. The highest BCUT2D eigenvalue weighted by molar-refractivity contribution is 7.98. The first-order chi connectivity index (χ1) is 19.3. The number of hydrogen-bond acceptors (Lipinski definition) is 3. The molecule has 3 rings (SSSR count). The fraction of sp³-hybridized carbons (Fsp3) is 0.405. The Kier molecular flexibility index (Phi) is 14.9. The smallest absolute Gasteiger partial charge is 0.0478 e. The number of rotatable bonds is 14. The molecule has 0 unspecified atom stereocenters. The van der Waals surface area contributed by atoms with Crippen LogP contribution in [0.15, 0.2) is 90.5 Å². The number of aryl methyl sites for hydroxylation is 3. The quantitative estimate of drug-likeness (QED) is 0.144. The Morgan fingerprint density at radius 1 is 0.775 bits per heavy atom. The highest BCUT2D eigenvalue weighted by atomic mass is 32.2. The van der Waals surface area contributed by atoms with Gasteiger partial charge in [-0.3, -0.25) is 0 Å². The molecule has 0 heterocycles. The lowest BCUT2D eigenvalue weighted by atomic mass is 9.95. The second kappa shape index (κ2) is 17.8. The number of allylic oxidation sites excluding steroid dienone is 3. The molecule has 0 spiro atoms. The van der Waals surface area contributed by atoms with E-state index in [9.17, 15) is 0 Å². The van der Waals surface area contributed by atoms with Crippen LogP contribution in [-0.4, -0.2) is 17.9 Å². The average molecular weight is 557 g/mol. The van der Waals surface area contributed by atoms with Gasteiger partial charge in [-0.2, -0.15) is 0 Å². The van der Waals surface area contributed by atoms with Crippen LogP contribution in [0.2, 0.25) is 0 Å². The zero-order valence-corrected chi connectivity index (χ0v) is 27.2. The minimum Gasteiger partial charge on any atom is -0.306 e. The van der Waals surface area contributed by atoms with E-state index in [0.29, 0.717) is 0 Å². The van der Waals surface area contributed by atoms with Crippen molar-refractivity contribution >= 4 is 23.4 Å². The summed E-state index contributed by atoms with van der Waals surface area (Å²) in [6.07, 6.45) is 5.47. The van der Waals surface area contributed by atoms with Crippen molar-refractivity contribution in [1.29, 1.82) is 0 Å². The normalized spacial score (nSPS) is 11.5. The van der Waals surface area contributed by atoms with Crippen LogP contribution in [0.4, 0.5) is 5.69 Å². The molecule has 0 fully saturated rings. The molecule has 40 heavy (non-hydrogen) atoms. The largest absolute Gasteiger partial charge is 0.306 e. The van der Waals surface area contributed by atoms with E-state index in [0.717, 1.165) is 38.8 Å². The lowest BCUT2D eigenvalue weighted by Gasteiger charge is -2.26. The Hall–Kier alpha value is -2.75. The summed E-state index contributed by atoms with van der Waals surface area (Å²) in [6.45, 7) is 21.4. The van der Waals surface area contributed by atoms with Crippen molar-refractivity contribution in [2.24, 2.45) is 0 Å². The van der Waals surface area contributed by atoms with Gasteiger partial charge in [-0.1, -0.05) is 112 Å². The van der Waals surface area contributed by atoms with E-state index in [-0.39, 0.29) is 0 Å². The Morgan fingerprint density at radius 3 is 1.93 bits per heavy atom. The summed E-state index contributed by atoms with van der Waals surface area (Å²) < 4.78 is 4.66. The maximum Gasteiger partial charge on any atom is 0.0478 e. The molecule has 0 radical (unpaired) electrons. The molecule has 0 aliphatic rings. The molecular formula is C37H52N2S. The van der Waals surface area contributed by atoms with E-state index < -0.39 is 0 Å². The van der Waals surface area contributed by atoms with Gasteiger partial charge in [0.25, 0.3) is 0 Å². The zero-order valence-electron chi connectivity index (χ0n) is 26.4. The Morgan fingerprint density at radius 2 is 1.35 bits per heavy atom. The van der Waals surface area contributed by atoms with E-state index >= 15 is 0 Å². The molecule has 3 heteroatoms. The summed E-state index contributed by atoms with van der Waals surface area (Å²) in [5.41, 5.74) is 12.1. The van der Waals surface area contributed by atoms with Gasteiger partial charge in [-0.15, -0.1) is 0 Å². The third kappa shape index (κ3) is 11.0. The third-order valence-corrected chi connectivity index (χ3v) is 8.44. The number of benzene rings is 3. The van der Waals surface area contributed by atoms with Crippen LogP contribution >= 0.6 is 12.1 Å². The summed E-state index contributed by atoms with van der Waals surface area (Å²) in [7, 11) is 2.15. The van der Waals surface area contributed by atoms with Crippen LogP contribution in [0.1, 0.15) is 88.6 Å². The molecule has 2 nitrogen and oxygen atoms in total. The zero-order chi connectivity index (χ0) is 29.5. The first kappa shape index (κ1) is 33.5. The number of nitrogens with zero attached hydrogens (tertiary/aromatic N) is 2. The molecule has 3 aromatic carbocycles. The highest BCUT2D eigenvalue weighted by Crippen LogP contribution is 2.26. The molecule has 0 aromatic heterocycles. The van der Waals surface area contributed by atoms with Gasteiger partial charge in [0.15, 0.2) is 0 Å². The Labute approximate surface area is 250 Å². The molecule has 0 atom stereocenters. The standard InChI is InChI=1S/C35H46N2S.C2H6/c1-8-31-19-23-35(24-20-31)36(7)38-37(9-2)26-33-17-15-32(16-18-33)12-10-11-28(4)29(5)25-30(6)34-21-13-27(3)14-22-34;1-2/h13-24H,6,8-12,25-26H2,1-5,7H3;1-2H3/b29-28+;. The average Bonchev–Trinajstić information content (AvgIpc) is 2.98. The first-order valence-corrected chi connectivity index (χ1v) is 15.8. The summed E-state index contributed by atoms with van der Waals surface area (Å²) in [5.74, 6) is 0. The Balaban J connectivity index is 0.00000274. The van der Waals surface area contributed by atoms with Gasteiger partial charge in [0.05, 0.1) is 0 Å². The van der Waals surface area contributed by atoms with Crippen molar-refractivity contribution in [2.45, 2.75) is 87.1 Å². The summed E-state index contributed by atoms with van der Waals surface area (Å²) in [5, 5.41) is 0. The second-order valence-electron chi connectivity index (χ2n) is 10.4. The predicted molar refractivity (Wildman–Crippen MR) is 182 cm³/mol. The lowest BCUT2D eigenvalue weighted by Crippen LogP contribution is -2.22. The van der Waals surface area contributed by atoms with Crippen molar-refractivity contribution in [3.63, 3.8) is 0 Å². The van der Waals surface area contributed by atoms with Crippen LogP contribution in [0.3, 0.4) is 0 Å². The fourth-order valence-electron chi connectivity index (χ4n) is 4.51.